The first-order chi connectivity index (χ1) is 8.20. The lowest BCUT2D eigenvalue weighted by Crippen LogP contribution is -2.12. The van der Waals surface area contributed by atoms with Crippen molar-refractivity contribution in [3.05, 3.63) is 35.7 Å². The van der Waals surface area contributed by atoms with Gasteiger partial charge >= 0.3 is 0 Å². The molecule has 17 heavy (non-hydrogen) atoms. The fourth-order valence-electron chi connectivity index (χ4n) is 1.61. The largest absolute Gasteiger partial charge is 0.344 e. The lowest BCUT2D eigenvalue weighted by atomic mass is 10.2. The van der Waals surface area contributed by atoms with Crippen LogP contribution in [0, 0.1) is 12.7 Å². The molecule has 0 radical (unpaired) electrons. The number of halogens is 1. The van der Waals surface area contributed by atoms with Gasteiger partial charge in [-0.1, -0.05) is 6.92 Å². The van der Waals surface area contributed by atoms with Crippen molar-refractivity contribution in [1.82, 2.24) is 20.3 Å². The molecule has 0 aliphatic heterocycles. The van der Waals surface area contributed by atoms with Crippen LogP contribution in [0.1, 0.15) is 18.4 Å². The highest BCUT2D eigenvalue weighted by molar-refractivity contribution is 5.56. The number of aryl methyl sites for hydroxylation is 1. The van der Waals surface area contributed by atoms with Crippen molar-refractivity contribution in [3.63, 3.8) is 0 Å². The van der Waals surface area contributed by atoms with E-state index in [1.807, 2.05) is 13.8 Å². The molecule has 0 saturated heterocycles. The Labute approximate surface area is 99.3 Å². The Bertz CT molecular complexity index is 490. The second-order valence-corrected chi connectivity index (χ2v) is 3.80. The van der Waals surface area contributed by atoms with E-state index in [0.29, 0.717) is 12.2 Å². The van der Waals surface area contributed by atoms with E-state index in [1.54, 1.807) is 6.07 Å². The molecule has 0 atom stereocenters. The predicted octanol–water partition coefficient (Wildman–Crippen LogP) is 2.03. The summed E-state index contributed by atoms with van der Waals surface area (Å²) in [5.74, 6) is 0.528. The number of rotatable bonds is 4. The highest BCUT2D eigenvalue weighted by Gasteiger charge is 2.09. The van der Waals surface area contributed by atoms with Gasteiger partial charge in [-0.15, -0.1) is 0 Å². The average Bonchev–Trinajstić information content (AvgIpc) is 2.69. The van der Waals surface area contributed by atoms with E-state index < -0.39 is 0 Å². The minimum absolute atomic E-state index is 0.338. The van der Waals surface area contributed by atoms with Crippen molar-refractivity contribution in [2.75, 3.05) is 6.54 Å². The number of H-pyrrole nitrogens is 1. The highest BCUT2D eigenvalue weighted by Crippen LogP contribution is 2.18. The summed E-state index contributed by atoms with van der Waals surface area (Å²) in [7, 11) is 0. The van der Waals surface area contributed by atoms with Gasteiger partial charge in [-0.05, 0) is 25.6 Å². The molecule has 2 aromatic rings. The van der Waals surface area contributed by atoms with Gasteiger partial charge in [0.2, 0.25) is 0 Å². The number of nitrogens with zero attached hydrogens (tertiary/aromatic N) is 2. The van der Waals surface area contributed by atoms with Gasteiger partial charge in [0, 0.05) is 5.69 Å². The number of aromatic nitrogens is 3. The fraction of sp³-hybridized carbons (Fsp3) is 0.333. The molecule has 5 heteroatoms. The molecular weight excluding hydrogens is 219 g/mol. The summed E-state index contributed by atoms with van der Waals surface area (Å²) in [5.41, 5.74) is 2.40. The second kappa shape index (κ2) is 5.05. The first kappa shape index (κ1) is 11.7. The van der Waals surface area contributed by atoms with Crippen LogP contribution in [0.5, 0.6) is 0 Å². The van der Waals surface area contributed by atoms with Crippen molar-refractivity contribution in [3.8, 4) is 11.4 Å². The number of hydrogen-bond donors (Lipinski definition) is 2. The number of hydrogen-bond acceptors (Lipinski definition) is 3. The predicted molar refractivity (Wildman–Crippen MR) is 63.9 cm³/mol. The van der Waals surface area contributed by atoms with Crippen LogP contribution in [0.4, 0.5) is 4.39 Å². The smallest absolute Gasteiger partial charge is 0.141 e. The first-order valence-corrected chi connectivity index (χ1v) is 5.59. The van der Waals surface area contributed by atoms with E-state index >= 15 is 0 Å². The lowest BCUT2D eigenvalue weighted by molar-refractivity contribution is 0.622. The number of imidazole rings is 1. The minimum atomic E-state index is -0.338. The van der Waals surface area contributed by atoms with Crippen molar-refractivity contribution < 1.29 is 4.39 Å². The molecule has 0 aromatic carbocycles. The first-order valence-electron chi connectivity index (χ1n) is 5.59. The number of nitrogens with one attached hydrogen (secondary N) is 2. The van der Waals surface area contributed by atoms with Crippen LogP contribution in [0.15, 0.2) is 18.3 Å². The molecule has 2 aromatic heterocycles. The molecule has 90 valence electrons. The Morgan fingerprint density at radius 3 is 2.88 bits per heavy atom. The van der Waals surface area contributed by atoms with Gasteiger partial charge in [-0.3, -0.25) is 4.98 Å². The van der Waals surface area contributed by atoms with Crippen LogP contribution in [-0.4, -0.2) is 21.5 Å². The van der Waals surface area contributed by atoms with E-state index in [9.17, 15) is 4.39 Å². The zero-order valence-corrected chi connectivity index (χ0v) is 9.92. The molecule has 0 bridgehead atoms. The van der Waals surface area contributed by atoms with Crippen LogP contribution in [0.2, 0.25) is 0 Å². The molecule has 4 nitrogen and oxygen atoms in total. The van der Waals surface area contributed by atoms with Gasteiger partial charge in [-0.2, -0.15) is 0 Å². The Hall–Kier alpha value is -1.75. The Balaban J connectivity index is 2.26. The van der Waals surface area contributed by atoms with Gasteiger partial charge in [0.25, 0.3) is 0 Å². The summed E-state index contributed by atoms with van der Waals surface area (Å²) in [6, 6.07) is 3.02. The van der Waals surface area contributed by atoms with Gasteiger partial charge in [0.15, 0.2) is 0 Å². The molecular formula is C12H15FN4. The SMILES string of the molecule is CCNCc1nc(-c2ccc(F)cn2)c(C)[nH]1. The second-order valence-electron chi connectivity index (χ2n) is 3.80. The molecule has 0 aliphatic carbocycles. The van der Waals surface area contributed by atoms with E-state index in [2.05, 4.69) is 20.3 Å². The van der Waals surface area contributed by atoms with Crippen molar-refractivity contribution >= 4 is 0 Å². The number of aromatic amines is 1. The van der Waals surface area contributed by atoms with Crippen molar-refractivity contribution in [2.24, 2.45) is 0 Å². The summed E-state index contributed by atoms with van der Waals surface area (Å²) < 4.78 is 12.8. The summed E-state index contributed by atoms with van der Waals surface area (Å²) in [6.45, 7) is 5.56. The third kappa shape index (κ3) is 2.68. The molecule has 2 rings (SSSR count). The zero-order chi connectivity index (χ0) is 12.3. The maximum Gasteiger partial charge on any atom is 0.141 e. The zero-order valence-electron chi connectivity index (χ0n) is 9.92. The third-order valence-electron chi connectivity index (χ3n) is 2.45. The Morgan fingerprint density at radius 2 is 2.24 bits per heavy atom. The van der Waals surface area contributed by atoms with E-state index in [1.165, 1.54) is 12.3 Å². The molecule has 2 N–H and O–H groups in total. The Morgan fingerprint density at radius 1 is 1.41 bits per heavy atom. The molecule has 0 saturated carbocycles. The maximum atomic E-state index is 12.8. The van der Waals surface area contributed by atoms with E-state index in [4.69, 9.17) is 0 Å². The molecule has 0 spiro atoms. The monoisotopic (exact) mass is 234 g/mol. The quantitative estimate of drug-likeness (QED) is 0.851. The minimum Gasteiger partial charge on any atom is -0.344 e. The standard InChI is InChI=1S/C12H15FN4/c1-3-14-7-11-16-8(2)12(17-11)10-5-4-9(13)6-15-10/h4-6,14H,3,7H2,1-2H3,(H,16,17). The summed E-state index contributed by atoms with van der Waals surface area (Å²) in [6.07, 6.45) is 1.20. The van der Waals surface area contributed by atoms with Crippen LogP contribution >= 0.6 is 0 Å². The van der Waals surface area contributed by atoms with Crippen molar-refractivity contribution in [1.29, 1.82) is 0 Å². The topological polar surface area (TPSA) is 53.6 Å². The van der Waals surface area contributed by atoms with E-state index in [0.717, 1.165) is 23.8 Å². The molecule has 0 amide bonds. The number of pyridine rings is 1. The Kier molecular flexibility index (Phi) is 3.49. The van der Waals surface area contributed by atoms with E-state index in [-0.39, 0.29) is 5.82 Å². The van der Waals surface area contributed by atoms with Gasteiger partial charge < -0.3 is 10.3 Å². The molecule has 0 aliphatic rings. The van der Waals surface area contributed by atoms with Gasteiger partial charge in [0.05, 0.1) is 18.4 Å². The average molecular weight is 234 g/mol. The maximum absolute atomic E-state index is 12.8. The third-order valence-corrected chi connectivity index (χ3v) is 2.45. The summed E-state index contributed by atoms with van der Waals surface area (Å²) in [4.78, 5) is 11.7. The molecule has 2 heterocycles. The molecule has 0 unspecified atom stereocenters. The molecule has 0 fully saturated rings. The van der Waals surface area contributed by atoms with Crippen LogP contribution in [0.25, 0.3) is 11.4 Å². The van der Waals surface area contributed by atoms with Crippen LogP contribution < -0.4 is 5.32 Å². The van der Waals surface area contributed by atoms with Gasteiger partial charge in [0.1, 0.15) is 17.3 Å². The van der Waals surface area contributed by atoms with Gasteiger partial charge in [-0.25, -0.2) is 9.37 Å². The highest BCUT2D eigenvalue weighted by atomic mass is 19.1. The van der Waals surface area contributed by atoms with Crippen LogP contribution in [0.3, 0.4) is 0 Å². The summed E-state index contributed by atoms with van der Waals surface area (Å²) >= 11 is 0. The normalized spacial score (nSPS) is 10.8. The van der Waals surface area contributed by atoms with Crippen molar-refractivity contribution in [2.45, 2.75) is 20.4 Å². The van der Waals surface area contributed by atoms with Crippen LogP contribution in [-0.2, 0) is 6.54 Å². The fourth-order valence-corrected chi connectivity index (χ4v) is 1.61. The summed E-state index contributed by atoms with van der Waals surface area (Å²) in [5, 5.41) is 3.19. The lowest BCUT2D eigenvalue weighted by Gasteiger charge is -1.97.